The molecule has 3 heterocycles. The van der Waals surface area contributed by atoms with Gasteiger partial charge in [-0.1, -0.05) is 24.3 Å². The van der Waals surface area contributed by atoms with Crippen molar-refractivity contribution in [1.82, 2.24) is 9.78 Å². The number of nitrogens with zero attached hydrogens (tertiary/aromatic N) is 2. The second-order valence-electron chi connectivity index (χ2n) is 7.29. The zero-order valence-electron chi connectivity index (χ0n) is 15.0. The number of carbonyl (C=O) groups excluding carboxylic acids is 2. The maximum absolute atomic E-state index is 13.0. The third-order valence-corrected chi connectivity index (χ3v) is 5.39. The zero-order chi connectivity index (χ0) is 18.8. The van der Waals surface area contributed by atoms with E-state index >= 15 is 0 Å². The number of hydrogen-bond acceptors (Lipinski definition) is 3. The highest BCUT2D eigenvalue weighted by Crippen LogP contribution is 2.49. The summed E-state index contributed by atoms with van der Waals surface area (Å²) in [6.07, 6.45) is 1.77. The molecule has 27 heavy (non-hydrogen) atoms. The molecule has 0 radical (unpaired) electrons. The van der Waals surface area contributed by atoms with Crippen LogP contribution in [0.2, 0.25) is 0 Å². The van der Waals surface area contributed by atoms with Gasteiger partial charge in [0.2, 0.25) is 11.8 Å². The number of nitrogens with one attached hydrogen (secondary N) is 2. The van der Waals surface area contributed by atoms with Crippen LogP contribution in [0.1, 0.15) is 28.7 Å². The van der Waals surface area contributed by atoms with Crippen molar-refractivity contribution < 1.29 is 9.59 Å². The van der Waals surface area contributed by atoms with Crippen LogP contribution in [0.4, 0.5) is 11.5 Å². The summed E-state index contributed by atoms with van der Waals surface area (Å²) in [6, 6.07) is 13.6. The molecule has 2 aliphatic heterocycles. The number of carbonyl (C=O) groups is 2. The van der Waals surface area contributed by atoms with Crippen molar-refractivity contribution in [3.63, 3.8) is 0 Å². The highest BCUT2D eigenvalue weighted by Gasteiger charge is 2.54. The minimum Gasteiger partial charge on any atom is -0.325 e. The van der Waals surface area contributed by atoms with Crippen molar-refractivity contribution in [3.05, 3.63) is 70.9 Å². The lowest BCUT2D eigenvalue weighted by molar-refractivity contribution is -0.125. The summed E-state index contributed by atoms with van der Waals surface area (Å²) in [5.41, 5.74) is 4.34. The first-order valence-electron chi connectivity index (χ1n) is 8.87. The molecule has 0 aliphatic carbocycles. The van der Waals surface area contributed by atoms with Gasteiger partial charge in [0.25, 0.3) is 0 Å². The van der Waals surface area contributed by atoms with E-state index in [1.807, 2.05) is 50.2 Å². The quantitative estimate of drug-likeness (QED) is 0.702. The van der Waals surface area contributed by atoms with E-state index in [2.05, 4.69) is 21.8 Å². The monoisotopic (exact) mass is 358 g/mol. The van der Waals surface area contributed by atoms with E-state index in [-0.39, 0.29) is 18.2 Å². The molecular formula is C21H18N4O2. The summed E-state index contributed by atoms with van der Waals surface area (Å²) in [6.45, 7) is 4.04. The first-order valence-corrected chi connectivity index (χ1v) is 8.87. The number of aromatic nitrogens is 2. The molecule has 0 bridgehead atoms. The van der Waals surface area contributed by atoms with Gasteiger partial charge in [0.15, 0.2) is 0 Å². The smallest absolute Gasteiger partial charge is 0.240 e. The lowest BCUT2D eigenvalue weighted by atomic mass is 9.72. The van der Waals surface area contributed by atoms with Crippen molar-refractivity contribution in [1.29, 1.82) is 0 Å². The van der Waals surface area contributed by atoms with Crippen LogP contribution in [0.15, 0.2) is 48.7 Å². The van der Waals surface area contributed by atoms with Gasteiger partial charge in [-0.05, 0) is 48.7 Å². The van der Waals surface area contributed by atoms with E-state index in [0.29, 0.717) is 5.82 Å². The first kappa shape index (κ1) is 15.8. The molecular weight excluding hydrogens is 340 g/mol. The van der Waals surface area contributed by atoms with Gasteiger partial charge in [0, 0.05) is 17.7 Å². The third-order valence-electron chi connectivity index (χ3n) is 5.39. The maximum Gasteiger partial charge on any atom is 0.240 e. The Kier molecular flexibility index (Phi) is 3.10. The van der Waals surface area contributed by atoms with E-state index in [1.165, 1.54) is 0 Å². The van der Waals surface area contributed by atoms with Crippen LogP contribution in [-0.2, 0) is 15.0 Å². The highest BCUT2D eigenvalue weighted by molar-refractivity contribution is 6.14. The van der Waals surface area contributed by atoms with Crippen molar-refractivity contribution >= 4 is 23.3 Å². The Morgan fingerprint density at radius 2 is 1.74 bits per heavy atom. The van der Waals surface area contributed by atoms with Gasteiger partial charge >= 0.3 is 0 Å². The Bertz CT molecular complexity index is 1110. The normalized spacial score (nSPS) is 20.2. The molecule has 6 heteroatoms. The number of amides is 2. The SMILES string of the molecule is Cc1cc(C)cc(-n2ncc3c2NC(=O)C[C@@]32C(=O)Nc3ccccc32)c1. The minimum atomic E-state index is -1.04. The molecule has 0 fully saturated rings. The molecule has 2 N–H and O–H groups in total. The van der Waals surface area contributed by atoms with Crippen LogP contribution < -0.4 is 10.6 Å². The maximum atomic E-state index is 13.0. The predicted molar refractivity (Wildman–Crippen MR) is 102 cm³/mol. The standard InChI is InChI=1S/C21H18N4O2/c1-12-7-13(2)9-14(8-12)25-19-16(11-22-25)21(10-18(26)24-19)15-5-3-4-6-17(15)23-20(21)27/h3-9,11H,10H2,1-2H3,(H,23,27)(H,24,26)/t21-/m0/s1. The fraction of sp³-hybridized carbons (Fsp3) is 0.190. The summed E-state index contributed by atoms with van der Waals surface area (Å²) in [4.78, 5) is 25.7. The number of hydrogen-bond donors (Lipinski definition) is 2. The number of anilines is 2. The second kappa shape index (κ2) is 5.30. The molecule has 2 aliphatic rings. The molecule has 1 aromatic heterocycles. The number of rotatable bonds is 1. The van der Waals surface area contributed by atoms with Gasteiger partial charge in [-0.15, -0.1) is 0 Å². The Hall–Kier alpha value is -3.41. The molecule has 1 spiro atoms. The van der Waals surface area contributed by atoms with Crippen LogP contribution in [-0.4, -0.2) is 21.6 Å². The molecule has 0 unspecified atom stereocenters. The summed E-state index contributed by atoms with van der Waals surface area (Å²) >= 11 is 0. The molecule has 134 valence electrons. The number of benzene rings is 2. The van der Waals surface area contributed by atoms with E-state index in [9.17, 15) is 9.59 Å². The van der Waals surface area contributed by atoms with Gasteiger partial charge in [-0.2, -0.15) is 5.10 Å². The lowest BCUT2D eigenvalue weighted by Gasteiger charge is -2.31. The number of aryl methyl sites for hydroxylation is 2. The topological polar surface area (TPSA) is 76.0 Å². The van der Waals surface area contributed by atoms with E-state index in [0.717, 1.165) is 33.6 Å². The van der Waals surface area contributed by atoms with Crippen LogP contribution in [0, 0.1) is 13.8 Å². The van der Waals surface area contributed by atoms with E-state index in [4.69, 9.17) is 0 Å². The first-order chi connectivity index (χ1) is 13.0. The Morgan fingerprint density at radius 1 is 1.00 bits per heavy atom. The molecule has 2 amide bonds. The summed E-state index contributed by atoms with van der Waals surface area (Å²) in [7, 11) is 0. The lowest BCUT2D eigenvalue weighted by Crippen LogP contribution is -2.43. The molecule has 5 rings (SSSR count). The largest absolute Gasteiger partial charge is 0.325 e. The highest BCUT2D eigenvalue weighted by atomic mass is 16.2. The average Bonchev–Trinajstić information content (AvgIpc) is 3.15. The third kappa shape index (κ3) is 2.10. The molecule has 2 aromatic carbocycles. The van der Waals surface area contributed by atoms with Crippen LogP contribution in [0.5, 0.6) is 0 Å². The van der Waals surface area contributed by atoms with Crippen LogP contribution in [0.25, 0.3) is 5.69 Å². The van der Waals surface area contributed by atoms with Gasteiger partial charge in [-0.25, -0.2) is 4.68 Å². The van der Waals surface area contributed by atoms with Crippen molar-refractivity contribution in [2.24, 2.45) is 0 Å². The molecule has 1 atom stereocenters. The Labute approximate surface area is 156 Å². The average molecular weight is 358 g/mol. The fourth-order valence-corrected chi connectivity index (χ4v) is 4.32. The van der Waals surface area contributed by atoms with E-state index in [1.54, 1.807) is 10.9 Å². The molecule has 0 saturated heterocycles. The van der Waals surface area contributed by atoms with Gasteiger partial charge in [0.05, 0.1) is 11.9 Å². The summed E-state index contributed by atoms with van der Waals surface area (Å²) < 4.78 is 1.71. The van der Waals surface area contributed by atoms with E-state index < -0.39 is 5.41 Å². The summed E-state index contributed by atoms with van der Waals surface area (Å²) in [5.74, 6) is 0.184. The summed E-state index contributed by atoms with van der Waals surface area (Å²) in [5, 5.41) is 10.4. The molecule has 6 nitrogen and oxygen atoms in total. The second-order valence-corrected chi connectivity index (χ2v) is 7.29. The van der Waals surface area contributed by atoms with Crippen LogP contribution >= 0.6 is 0 Å². The van der Waals surface area contributed by atoms with Crippen molar-refractivity contribution in [2.45, 2.75) is 25.7 Å². The van der Waals surface area contributed by atoms with Crippen LogP contribution in [0.3, 0.4) is 0 Å². The Balaban J connectivity index is 1.77. The number of para-hydroxylation sites is 1. The minimum absolute atomic E-state index is 0.0708. The molecule has 0 saturated carbocycles. The Morgan fingerprint density at radius 3 is 2.52 bits per heavy atom. The molecule has 3 aromatic rings. The fourth-order valence-electron chi connectivity index (χ4n) is 4.32. The predicted octanol–water partition coefficient (Wildman–Crippen LogP) is 3.07. The van der Waals surface area contributed by atoms with Gasteiger partial charge < -0.3 is 10.6 Å². The van der Waals surface area contributed by atoms with Crippen molar-refractivity contribution in [3.8, 4) is 5.69 Å². The van der Waals surface area contributed by atoms with Gasteiger partial charge in [-0.3, -0.25) is 9.59 Å². The number of fused-ring (bicyclic) bond motifs is 4. The van der Waals surface area contributed by atoms with Crippen molar-refractivity contribution in [2.75, 3.05) is 10.6 Å². The van der Waals surface area contributed by atoms with Gasteiger partial charge in [0.1, 0.15) is 11.2 Å². The zero-order valence-corrected chi connectivity index (χ0v) is 15.0.